The van der Waals surface area contributed by atoms with Gasteiger partial charge >= 0.3 is 0 Å². The largest absolute Gasteiger partial charge is 0.383 e. The number of methoxy groups -OCH3 is 1. The van der Waals surface area contributed by atoms with E-state index in [2.05, 4.69) is 64.3 Å². The van der Waals surface area contributed by atoms with E-state index >= 15 is 0 Å². The normalized spacial score (nSPS) is 12.6. The Morgan fingerprint density at radius 3 is 2.71 bits per heavy atom. The van der Waals surface area contributed by atoms with Crippen molar-refractivity contribution in [3.05, 3.63) is 49.1 Å². The van der Waals surface area contributed by atoms with Crippen LogP contribution in [0.1, 0.15) is 17.3 Å². The lowest BCUT2D eigenvalue weighted by Crippen LogP contribution is -2.23. The summed E-state index contributed by atoms with van der Waals surface area (Å²) in [5.74, 6) is 0. The molecule has 4 nitrogen and oxygen atoms in total. The first kappa shape index (κ1) is 17.1. The minimum Gasteiger partial charge on any atom is -0.383 e. The molecule has 0 bridgehead atoms. The lowest BCUT2D eigenvalue weighted by molar-refractivity contribution is 0.182. The molecule has 0 aliphatic heterocycles. The van der Waals surface area contributed by atoms with Crippen LogP contribution in [0, 0.1) is 0 Å². The predicted octanol–water partition coefficient (Wildman–Crippen LogP) is 4.13. The van der Waals surface area contributed by atoms with Gasteiger partial charge in [0.1, 0.15) is 0 Å². The van der Waals surface area contributed by atoms with Crippen LogP contribution in [0.3, 0.4) is 0 Å². The third kappa shape index (κ3) is 3.96. The van der Waals surface area contributed by atoms with Crippen molar-refractivity contribution in [2.24, 2.45) is 0 Å². The number of halogens is 3. The molecule has 0 fully saturated rings. The van der Waals surface area contributed by atoms with Crippen molar-refractivity contribution in [3.63, 3.8) is 0 Å². The summed E-state index contributed by atoms with van der Waals surface area (Å²) in [7, 11) is 3.64. The molecule has 1 unspecified atom stereocenters. The number of hydrogen-bond acceptors (Lipinski definition) is 3. The van der Waals surface area contributed by atoms with Gasteiger partial charge in [0.2, 0.25) is 0 Å². The minimum absolute atomic E-state index is 0.0191. The van der Waals surface area contributed by atoms with Crippen LogP contribution >= 0.6 is 47.8 Å². The van der Waals surface area contributed by atoms with Gasteiger partial charge in [-0.2, -0.15) is 5.10 Å². The first-order valence-corrected chi connectivity index (χ1v) is 8.78. The minimum atomic E-state index is 0.0191. The van der Waals surface area contributed by atoms with E-state index in [0.717, 1.165) is 24.7 Å². The number of nitrogens with one attached hydrogen (secondary N) is 1. The van der Waals surface area contributed by atoms with Crippen LogP contribution < -0.4 is 5.32 Å². The Morgan fingerprint density at radius 2 is 2.05 bits per heavy atom. The summed E-state index contributed by atoms with van der Waals surface area (Å²) < 4.78 is 10.2. The molecule has 1 aromatic carbocycles. The van der Waals surface area contributed by atoms with Gasteiger partial charge in [-0.3, -0.25) is 4.68 Å². The standard InChI is InChI=1S/C14H16Br3N3O/c1-18-13(10-7-9(15)3-4-11(10)16)14-12(17)8-19-20(14)5-6-21-2/h3-4,7-8,13,18H,5-6H2,1-2H3. The van der Waals surface area contributed by atoms with E-state index < -0.39 is 0 Å². The zero-order valence-electron chi connectivity index (χ0n) is 11.7. The van der Waals surface area contributed by atoms with Crippen molar-refractivity contribution in [2.45, 2.75) is 12.6 Å². The Hall–Kier alpha value is -0.210. The number of nitrogens with zero attached hydrogens (tertiary/aromatic N) is 2. The van der Waals surface area contributed by atoms with Gasteiger partial charge in [0.05, 0.1) is 35.6 Å². The molecule has 0 saturated heterocycles. The molecular weight excluding hydrogens is 466 g/mol. The maximum Gasteiger partial charge on any atom is 0.0768 e. The first-order valence-electron chi connectivity index (χ1n) is 6.40. The Bertz CT molecular complexity index is 616. The average Bonchev–Trinajstić information content (AvgIpc) is 2.83. The van der Waals surface area contributed by atoms with Crippen LogP contribution in [0.15, 0.2) is 37.8 Å². The predicted molar refractivity (Wildman–Crippen MR) is 94.5 cm³/mol. The summed E-state index contributed by atoms with van der Waals surface area (Å²) in [5.41, 5.74) is 2.22. The Kier molecular flexibility index (Phi) is 6.43. The van der Waals surface area contributed by atoms with E-state index in [0.29, 0.717) is 13.2 Å². The second kappa shape index (κ2) is 7.87. The van der Waals surface area contributed by atoms with E-state index in [-0.39, 0.29) is 6.04 Å². The van der Waals surface area contributed by atoms with Gasteiger partial charge < -0.3 is 10.1 Å². The number of benzene rings is 1. The SMILES string of the molecule is CNC(c1cc(Br)ccc1Br)c1c(Br)cnn1CCOC. The van der Waals surface area contributed by atoms with Crippen molar-refractivity contribution in [3.8, 4) is 0 Å². The molecule has 1 N–H and O–H groups in total. The summed E-state index contributed by atoms with van der Waals surface area (Å²) >= 11 is 10.8. The summed E-state index contributed by atoms with van der Waals surface area (Å²) in [6.45, 7) is 1.33. The fourth-order valence-corrected chi connectivity index (χ4v) is 3.57. The molecule has 21 heavy (non-hydrogen) atoms. The van der Waals surface area contributed by atoms with Gasteiger partial charge in [0.15, 0.2) is 0 Å². The van der Waals surface area contributed by atoms with Crippen molar-refractivity contribution in [1.29, 1.82) is 0 Å². The maximum atomic E-state index is 5.16. The monoisotopic (exact) mass is 479 g/mol. The van der Waals surface area contributed by atoms with Crippen LogP contribution in [0.2, 0.25) is 0 Å². The zero-order valence-corrected chi connectivity index (χ0v) is 16.5. The lowest BCUT2D eigenvalue weighted by atomic mass is 10.0. The van der Waals surface area contributed by atoms with Gasteiger partial charge in [-0.15, -0.1) is 0 Å². The fraction of sp³-hybridized carbons (Fsp3) is 0.357. The van der Waals surface area contributed by atoms with Gasteiger partial charge in [-0.1, -0.05) is 31.9 Å². The molecule has 0 radical (unpaired) electrons. The lowest BCUT2D eigenvalue weighted by Gasteiger charge is -2.21. The van der Waals surface area contributed by atoms with Crippen LogP contribution in [0.4, 0.5) is 0 Å². The molecular formula is C14H16Br3N3O. The smallest absolute Gasteiger partial charge is 0.0768 e. The van der Waals surface area contributed by atoms with Crippen LogP contribution in [-0.4, -0.2) is 30.5 Å². The summed E-state index contributed by atoms with van der Waals surface area (Å²) in [6, 6.07) is 6.17. The second-order valence-corrected chi connectivity index (χ2v) is 7.11. The van der Waals surface area contributed by atoms with E-state index in [1.54, 1.807) is 7.11 Å². The van der Waals surface area contributed by atoms with E-state index in [9.17, 15) is 0 Å². The van der Waals surface area contributed by atoms with Gasteiger partial charge in [0, 0.05) is 16.1 Å². The molecule has 2 rings (SSSR count). The Balaban J connectivity index is 2.46. The summed E-state index contributed by atoms with van der Waals surface area (Å²) in [4.78, 5) is 0. The Morgan fingerprint density at radius 1 is 1.29 bits per heavy atom. The molecule has 1 atom stereocenters. The van der Waals surface area contributed by atoms with Crippen LogP contribution in [0.5, 0.6) is 0 Å². The molecule has 1 aromatic heterocycles. The van der Waals surface area contributed by atoms with Gasteiger partial charge in [-0.05, 0) is 46.7 Å². The van der Waals surface area contributed by atoms with Crippen molar-refractivity contribution in [2.75, 3.05) is 20.8 Å². The van der Waals surface area contributed by atoms with Gasteiger partial charge in [0.25, 0.3) is 0 Å². The molecule has 114 valence electrons. The second-order valence-electron chi connectivity index (χ2n) is 4.48. The molecule has 0 saturated carbocycles. The maximum absolute atomic E-state index is 5.16. The third-order valence-electron chi connectivity index (χ3n) is 3.17. The van der Waals surface area contributed by atoms with Gasteiger partial charge in [-0.25, -0.2) is 0 Å². The number of rotatable bonds is 6. The molecule has 7 heteroatoms. The summed E-state index contributed by atoms with van der Waals surface area (Å²) in [5, 5.41) is 7.79. The highest BCUT2D eigenvalue weighted by Gasteiger charge is 2.22. The third-order valence-corrected chi connectivity index (χ3v) is 5.00. The molecule has 0 aliphatic carbocycles. The van der Waals surface area contributed by atoms with Crippen LogP contribution in [-0.2, 0) is 11.3 Å². The highest BCUT2D eigenvalue weighted by molar-refractivity contribution is 9.11. The highest BCUT2D eigenvalue weighted by Crippen LogP contribution is 2.34. The van der Waals surface area contributed by atoms with Crippen LogP contribution in [0.25, 0.3) is 0 Å². The van der Waals surface area contributed by atoms with Crippen molar-refractivity contribution >= 4 is 47.8 Å². The van der Waals surface area contributed by atoms with E-state index in [1.165, 1.54) is 0 Å². The molecule has 0 spiro atoms. The molecule has 2 aromatic rings. The highest BCUT2D eigenvalue weighted by atomic mass is 79.9. The number of hydrogen-bond donors (Lipinski definition) is 1. The molecule has 0 aliphatic rings. The Labute approximate surface area is 149 Å². The van der Waals surface area contributed by atoms with E-state index in [4.69, 9.17) is 4.74 Å². The van der Waals surface area contributed by atoms with Crippen molar-refractivity contribution < 1.29 is 4.74 Å². The molecule has 1 heterocycles. The van der Waals surface area contributed by atoms with Crippen molar-refractivity contribution in [1.82, 2.24) is 15.1 Å². The fourth-order valence-electron chi connectivity index (χ4n) is 2.19. The zero-order chi connectivity index (χ0) is 15.4. The quantitative estimate of drug-likeness (QED) is 0.674. The van der Waals surface area contributed by atoms with E-state index in [1.807, 2.05) is 30.1 Å². The molecule has 0 amide bonds. The number of ether oxygens (including phenoxy) is 1. The average molecular weight is 482 g/mol. The topological polar surface area (TPSA) is 39.1 Å². The first-order chi connectivity index (χ1) is 10.1. The summed E-state index contributed by atoms with van der Waals surface area (Å²) in [6.07, 6.45) is 1.82. The number of aromatic nitrogens is 2.